The van der Waals surface area contributed by atoms with Gasteiger partial charge in [0.1, 0.15) is 0 Å². The Morgan fingerprint density at radius 3 is 1.19 bits per heavy atom. The van der Waals surface area contributed by atoms with E-state index in [1.807, 2.05) is 0 Å². The number of anilines is 3. The number of nitrogens with zero attached hydrogens (tertiary/aromatic N) is 1. The van der Waals surface area contributed by atoms with Gasteiger partial charge in [-0.25, -0.2) is 0 Å². The average molecular weight is 750 g/mol. The molecule has 0 atom stereocenters. The van der Waals surface area contributed by atoms with E-state index in [1.165, 1.54) is 87.6 Å². The Morgan fingerprint density at radius 2 is 0.627 bits per heavy atom. The SMILES string of the molecule is c1ccc(-c2ccc3c(ccc4cc(-c5cccc(N(c6ccc(-c7cccc8ccccc78)cc6)c6ccc(-c7cccc8ccccc78)cc6)c5)ccc43)c2)cc1. The molecule has 0 fully saturated rings. The van der Waals surface area contributed by atoms with Gasteiger partial charge >= 0.3 is 0 Å². The van der Waals surface area contributed by atoms with Crippen LogP contribution in [0.2, 0.25) is 0 Å². The fourth-order valence-corrected chi connectivity index (χ4v) is 8.87. The van der Waals surface area contributed by atoms with Gasteiger partial charge in [-0.3, -0.25) is 0 Å². The Hall–Kier alpha value is -7.74. The fourth-order valence-electron chi connectivity index (χ4n) is 8.87. The number of hydrogen-bond acceptors (Lipinski definition) is 1. The predicted octanol–water partition coefficient (Wildman–Crippen LogP) is 16.4. The second-order valence-electron chi connectivity index (χ2n) is 15.3. The summed E-state index contributed by atoms with van der Waals surface area (Å²) >= 11 is 0. The molecule has 0 saturated heterocycles. The fraction of sp³-hybridized carbons (Fsp3) is 0. The summed E-state index contributed by atoms with van der Waals surface area (Å²) in [5.74, 6) is 0. The highest BCUT2D eigenvalue weighted by atomic mass is 15.1. The molecule has 0 unspecified atom stereocenters. The van der Waals surface area contributed by atoms with Gasteiger partial charge in [-0.2, -0.15) is 0 Å². The van der Waals surface area contributed by atoms with Crippen LogP contribution in [0.5, 0.6) is 0 Å². The molecule has 0 bridgehead atoms. The largest absolute Gasteiger partial charge is 0.310 e. The summed E-state index contributed by atoms with van der Waals surface area (Å²) in [7, 11) is 0. The highest BCUT2D eigenvalue weighted by Gasteiger charge is 2.16. The van der Waals surface area contributed by atoms with Gasteiger partial charge in [-0.05, 0) is 136 Å². The first kappa shape index (κ1) is 34.5. The lowest BCUT2D eigenvalue weighted by atomic mass is 9.95. The molecule has 0 radical (unpaired) electrons. The number of rotatable bonds is 7. The van der Waals surface area contributed by atoms with Crippen molar-refractivity contribution < 1.29 is 0 Å². The van der Waals surface area contributed by atoms with Gasteiger partial charge in [-0.1, -0.05) is 188 Å². The van der Waals surface area contributed by atoms with Gasteiger partial charge < -0.3 is 4.90 Å². The quantitative estimate of drug-likeness (QED) is 0.147. The van der Waals surface area contributed by atoms with Crippen LogP contribution >= 0.6 is 0 Å². The van der Waals surface area contributed by atoms with Crippen molar-refractivity contribution in [3.8, 4) is 44.5 Å². The Morgan fingerprint density at radius 1 is 0.203 bits per heavy atom. The number of fused-ring (bicyclic) bond motifs is 5. The van der Waals surface area contributed by atoms with Crippen molar-refractivity contribution >= 4 is 60.2 Å². The minimum atomic E-state index is 1.10. The molecule has 0 aromatic heterocycles. The summed E-state index contributed by atoms with van der Waals surface area (Å²) in [5.41, 5.74) is 13.0. The first-order valence-electron chi connectivity index (χ1n) is 20.3. The minimum Gasteiger partial charge on any atom is -0.310 e. The molecule has 0 aliphatic carbocycles. The van der Waals surface area contributed by atoms with Crippen molar-refractivity contribution in [3.05, 3.63) is 237 Å². The van der Waals surface area contributed by atoms with Crippen LogP contribution in [0.3, 0.4) is 0 Å². The maximum Gasteiger partial charge on any atom is 0.0467 e. The minimum absolute atomic E-state index is 1.10. The summed E-state index contributed by atoms with van der Waals surface area (Å²) in [6, 6.07) is 86.2. The van der Waals surface area contributed by atoms with Crippen LogP contribution in [-0.2, 0) is 0 Å². The normalized spacial score (nSPS) is 11.4. The maximum absolute atomic E-state index is 2.38. The Balaban J connectivity index is 0.987. The van der Waals surface area contributed by atoms with Gasteiger partial charge in [0.2, 0.25) is 0 Å². The van der Waals surface area contributed by atoms with E-state index < -0.39 is 0 Å². The van der Waals surface area contributed by atoms with E-state index in [4.69, 9.17) is 0 Å². The van der Waals surface area contributed by atoms with Crippen LogP contribution in [0.15, 0.2) is 237 Å². The van der Waals surface area contributed by atoms with Crippen molar-refractivity contribution in [1.29, 1.82) is 0 Å². The second kappa shape index (κ2) is 14.6. The van der Waals surface area contributed by atoms with E-state index in [2.05, 4.69) is 241 Å². The zero-order valence-electron chi connectivity index (χ0n) is 32.5. The highest BCUT2D eigenvalue weighted by Crippen LogP contribution is 2.40. The summed E-state index contributed by atoms with van der Waals surface area (Å²) in [4.78, 5) is 2.38. The van der Waals surface area contributed by atoms with Crippen molar-refractivity contribution in [1.82, 2.24) is 0 Å². The molecule has 11 aromatic rings. The molecule has 0 heterocycles. The van der Waals surface area contributed by atoms with Gasteiger partial charge in [0.25, 0.3) is 0 Å². The Kier molecular flexibility index (Phi) is 8.56. The van der Waals surface area contributed by atoms with E-state index in [-0.39, 0.29) is 0 Å². The van der Waals surface area contributed by atoms with E-state index in [9.17, 15) is 0 Å². The molecule has 0 amide bonds. The topological polar surface area (TPSA) is 3.24 Å². The van der Waals surface area contributed by atoms with Gasteiger partial charge in [0.05, 0.1) is 0 Å². The molecule has 11 rings (SSSR count). The van der Waals surface area contributed by atoms with Crippen molar-refractivity contribution in [2.24, 2.45) is 0 Å². The van der Waals surface area contributed by atoms with E-state index in [0.717, 1.165) is 17.1 Å². The Labute approximate surface area is 344 Å². The molecule has 0 aliphatic heterocycles. The van der Waals surface area contributed by atoms with Crippen LogP contribution in [0.1, 0.15) is 0 Å². The molecule has 0 aliphatic rings. The van der Waals surface area contributed by atoms with Gasteiger partial charge in [0.15, 0.2) is 0 Å². The zero-order valence-corrected chi connectivity index (χ0v) is 32.5. The summed E-state index contributed by atoms with van der Waals surface area (Å²) in [6.45, 7) is 0. The molecule has 276 valence electrons. The van der Waals surface area contributed by atoms with Gasteiger partial charge in [-0.15, -0.1) is 0 Å². The Bertz CT molecular complexity index is 3170. The molecular formula is C58H39N. The standard InChI is InChI=1S/C58H39N/c1-2-11-40(12-3-1)46-29-35-57-48(37-46)23-24-49-38-47(30-36-58(49)57)45-17-8-18-52(39-45)59(50-31-25-43(26-32-50)55-21-9-15-41-13-4-6-19-53(41)55)51-33-27-44(28-34-51)56-22-10-16-42-14-5-7-20-54(42)56/h1-39H. The lowest BCUT2D eigenvalue weighted by Gasteiger charge is -2.26. The second-order valence-corrected chi connectivity index (χ2v) is 15.3. The third kappa shape index (κ3) is 6.40. The smallest absolute Gasteiger partial charge is 0.0467 e. The lowest BCUT2D eigenvalue weighted by molar-refractivity contribution is 1.28. The summed E-state index contributed by atoms with van der Waals surface area (Å²) < 4.78 is 0. The molecule has 0 spiro atoms. The molecule has 11 aromatic carbocycles. The zero-order chi connectivity index (χ0) is 39.1. The van der Waals surface area contributed by atoms with Crippen LogP contribution in [0.4, 0.5) is 17.1 Å². The third-order valence-electron chi connectivity index (χ3n) is 11.8. The van der Waals surface area contributed by atoms with Crippen molar-refractivity contribution in [2.45, 2.75) is 0 Å². The number of benzene rings is 11. The van der Waals surface area contributed by atoms with Crippen molar-refractivity contribution in [3.63, 3.8) is 0 Å². The summed E-state index contributed by atoms with van der Waals surface area (Å²) in [6.07, 6.45) is 0. The molecule has 59 heavy (non-hydrogen) atoms. The highest BCUT2D eigenvalue weighted by molar-refractivity contribution is 6.09. The third-order valence-corrected chi connectivity index (χ3v) is 11.8. The lowest BCUT2D eigenvalue weighted by Crippen LogP contribution is -2.10. The average Bonchev–Trinajstić information content (AvgIpc) is 3.32. The van der Waals surface area contributed by atoms with E-state index in [0.29, 0.717) is 0 Å². The summed E-state index contributed by atoms with van der Waals surface area (Å²) in [5, 5.41) is 10.0. The van der Waals surface area contributed by atoms with Crippen LogP contribution in [-0.4, -0.2) is 0 Å². The predicted molar refractivity (Wildman–Crippen MR) is 253 cm³/mol. The van der Waals surface area contributed by atoms with E-state index in [1.54, 1.807) is 0 Å². The maximum atomic E-state index is 2.38. The first-order chi connectivity index (χ1) is 29.2. The molecule has 0 N–H and O–H groups in total. The monoisotopic (exact) mass is 749 g/mol. The number of hydrogen-bond donors (Lipinski definition) is 0. The van der Waals surface area contributed by atoms with Crippen LogP contribution < -0.4 is 4.90 Å². The molecule has 0 saturated carbocycles. The molecular weight excluding hydrogens is 711 g/mol. The first-order valence-corrected chi connectivity index (χ1v) is 20.3. The van der Waals surface area contributed by atoms with Crippen LogP contribution in [0.25, 0.3) is 87.6 Å². The van der Waals surface area contributed by atoms with Crippen LogP contribution in [0, 0.1) is 0 Å². The van der Waals surface area contributed by atoms with E-state index >= 15 is 0 Å². The van der Waals surface area contributed by atoms with Gasteiger partial charge in [0, 0.05) is 17.1 Å². The molecule has 1 nitrogen and oxygen atoms in total. The molecule has 1 heteroatoms. The van der Waals surface area contributed by atoms with Crippen molar-refractivity contribution in [2.75, 3.05) is 4.90 Å².